The minimum atomic E-state index is -3.72. The van der Waals surface area contributed by atoms with Crippen LogP contribution in [0, 0.1) is 0 Å². The number of carbonyl (C=O) groups excluding carboxylic acids is 1. The van der Waals surface area contributed by atoms with Gasteiger partial charge < -0.3 is 10.1 Å². The van der Waals surface area contributed by atoms with E-state index in [1.165, 1.54) is 68.0 Å². The first kappa shape index (κ1) is 24.8. The van der Waals surface area contributed by atoms with E-state index in [4.69, 9.17) is 4.74 Å². The molecule has 0 saturated heterocycles. The Morgan fingerprint density at radius 1 is 0.903 bits per heavy atom. The Hall–Kier alpha value is -2.47. The van der Waals surface area contributed by atoms with Crippen LogP contribution in [0.5, 0.6) is 5.75 Å². The van der Waals surface area contributed by atoms with E-state index in [1.807, 2.05) is 0 Å². The van der Waals surface area contributed by atoms with Crippen molar-refractivity contribution in [2.75, 3.05) is 39.6 Å². The zero-order valence-corrected chi connectivity index (χ0v) is 19.7. The molecular formula is C20H27N3O6S2. The van der Waals surface area contributed by atoms with Gasteiger partial charge in [0.1, 0.15) is 5.75 Å². The highest BCUT2D eigenvalue weighted by Crippen LogP contribution is 2.29. The number of hydrogen-bond donors (Lipinski definition) is 1. The zero-order valence-electron chi connectivity index (χ0n) is 18.1. The van der Waals surface area contributed by atoms with Crippen molar-refractivity contribution in [2.45, 2.75) is 23.6 Å². The van der Waals surface area contributed by atoms with Crippen molar-refractivity contribution in [3.05, 3.63) is 48.0 Å². The molecular weight excluding hydrogens is 442 g/mol. The van der Waals surface area contributed by atoms with Gasteiger partial charge in [0.2, 0.25) is 20.0 Å². The number of hydrogen-bond acceptors (Lipinski definition) is 6. The van der Waals surface area contributed by atoms with Crippen LogP contribution in [0.3, 0.4) is 0 Å². The van der Waals surface area contributed by atoms with Crippen molar-refractivity contribution in [3.8, 4) is 5.75 Å². The Balaban J connectivity index is 2.36. The molecule has 31 heavy (non-hydrogen) atoms. The molecule has 0 aliphatic heterocycles. The van der Waals surface area contributed by atoms with Crippen LogP contribution in [0.4, 0.5) is 5.69 Å². The average Bonchev–Trinajstić information content (AvgIpc) is 2.74. The van der Waals surface area contributed by atoms with Crippen molar-refractivity contribution in [3.63, 3.8) is 0 Å². The van der Waals surface area contributed by atoms with Gasteiger partial charge in [-0.15, -0.1) is 0 Å². The summed E-state index contributed by atoms with van der Waals surface area (Å²) < 4.78 is 57.6. The van der Waals surface area contributed by atoms with Crippen molar-refractivity contribution in [1.82, 2.24) is 8.61 Å². The van der Waals surface area contributed by atoms with Gasteiger partial charge in [-0.2, -0.15) is 4.31 Å². The number of nitrogens with zero attached hydrogens (tertiary/aromatic N) is 2. The summed E-state index contributed by atoms with van der Waals surface area (Å²) in [5.41, 5.74) is 0.391. The lowest BCUT2D eigenvalue weighted by Gasteiger charge is -2.19. The molecule has 1 amide bonds. The number of rotatable bonds is 9. The number of benzene rings is 2. The number of carbonyl (C=O) groups is 1. The lowest BCUT2D eigenvalue weighted by Crippen LogP contribution is -2.30. The summed E-state index contributed by atoms with van der Waals surface area (Å²) in [5.74, 6) is -0.247. The number of ether oxygens (including phenoxy) is 1. The monoisotopic (exact) mass is 469 g/mol. The van der Waals surface area contributed by atoms with E-state index in [-0.39, 0.29) is 21.0 Å². The van der Waals surface area contributed by atoms with Crippen molar-refractivity contribution >= 4 is 31.6 Å². The van der Waals surface area contributed by atoms with Gasteiger partial charge in [-0.3, -0.25) is 4.79 Å². The summed E-state index contributed by atoms with van der Waals surface area (Å²) in [6.07, 6.45) is 0. The largest absolute Gasteiger partial charge is 0.495 e. The molecule has 0 unspecified atom stereocenters. The fourth-order valence-corrected chi connectivity index (χ4v) is 5.23. The van der Waals surface area contributed by atoms with E-state index in [0.29, 0.717) is 18.8 Å². The molecule has 0 aromatic heterocycles. The number of methoxy groups -OCH3 is 1. The maximum atomic E-state index is 12.8. The second-order valence-corrected chi connectivity index (χ2v) is 10.8. The van der Waals surface area contributed by atoms with Gasteiger partial charge in [0, 0.05) is 32.7 Å². The molecule has 9 nitrogen and oxygen atoms in total. The van der Waals surface area contributed by atoms with Gasteiger partial charge in [0.25, 0.3) is 5.91 Å². The number of anilines is 1. The average molecular weight is 470 g/mol. The minimum absolute atomic E-state index is 0.0275. The maximum Gasteiger partial charge on any atom is 0.255 e. The molecule has 2 aromatic carbocycles. The SMILES string of the molecule is CCN(CC)S(=O)(=O)c1ccc(OC)c(NC(=O)c2ccc(S(=O)(=O)N(C)C)cc2)c1. The van der Waals surface area contributed by atoms with E-state index >= 15 is 0 Å². The Kier molecular flexibility index (Phi) is 7.82. The smallest absolute Gasteiger partial charge is 0.255 e. The molecule has 0 spiro atoms. The van der Waals surface area contributed by atoms with Gasteiger partial charge in [0.05, 0.1) is 22.6 Å². The van der Waals surface area contributed by atoms with E-state index < -0.39 is 26.0 Å². The highest BCUT2D eigenvalue weighted by molar-refractivity contribution is 7.89. The molecule has 170 valence electrons. The third kappa shape index (κ3) is 5.24. The lowest BCUT2D eigenvalue weighted by atomic mass is 10.2. The van der Waals surface area contributed by atoms with Crippen LogP contribution in [0.15, 0.2) is 52.3 Å². The Morgan fingerprint density at radius 2 is 1.45 bits per heavy atom. The highest BCUT2D eigenvalue weighted by atomic mass is 32.2. The normalized spacial score (nSPS) is 12.2. The molecule has 1 N–H and O–H groups in total. The lowest BCUT2D eigenvalue weighted by molar-refractivity contribution is 0.102. The molecule has 2 aromatic rings. The van der Waals surface area contributed by atoms with Crippen molar-refractivity contribution in [2.24, 2.45) is 0 Å². The number of amides is 1. The molecule has 0 saturated carbocycles. The molecule has 0 atom stereocenters. The summed E-state index contributed by atoms with van der Waals surface area (Å²) in [4.78, 5) is 12.8. The molecule has 2 rings (SSSR count). The van der Waals surface area contributed by atoms with E-state index in [0.717, 1.165) is 4.31 Å². The van der Waals surface area contributed by atoms with Gasteiger partial charge in [-0.05, 0) is 42.5 Å². The summed E-state index contributed by atoms with van der Waals surface area (Å²) in [6.45, 7) is 4.12. The van der Waals surface area contributed by atoms with Gasteiger partial charge >= 0.3 is 0 Å². The molecule has 11 heteroatoms. The first-order valence-electron chi connectivity index (χ1n) is 9.51. The standard InChI is InChI=1S/C20H27N3O6S2/c1-6-23(7-2)31(27,28)17-12-13-19(29-5)18(14-17)21-20(24)15-8-10-16(11-9-15)30(25,26)22(3)4/h8-14H,6-7H2,1-5H3,(H,21,24). The fourth-order valence-electron chi connectivity index (χ4n) is 2.84. The Bertz CT molecular complexity index is 1140. The highest BCUT2D eigenvalue weighted by Gasteiger charge is 2.24. The second kappa shape index (κ2) is 9.77. The van der Waals surface area contributed by atoms with Crippen LogP contribution in [-0.4, -0.2) is 65.6 Å². The molecule has 0 radical (unpaired) electrons. The van der Waals surface area contributed by atoms with Crippen LogP contribution >= 0.6 is 0 Å². The van der Waals surface area contributed by atoms with Crippen LogP contribution in [0.2, 0.25) is 0 Å². The predicted molar refractivity (Wildman–Crippen MR) is 118 cm³/mol. The summed E-state index contributed by atoms with van der Waals surface area (Å²) >= 11 is 0. The Labute approximate surface area is 183 Å². The fraction of sp³-hybridized carbons (Fsp3) is 0.350. The van der Waals surface area contributed by atoms with Crippen molar-refractivity contribution < 1.29 is 26.4 Å². The van der Waals surface area contributed by atoms with Crippen LogP contribution in [-0.2, 0) is 20.0 Å². The first-order valence-corrected chi connectivity index (χ1v) is 12.4. The van der Waals surface area contributed by atoms with E-state index in [1.54, 1.807) is 13.8 Å². The number of sulfonamides is 2. The summed E-state index contributed by atoms with van der Waals surface area (Å²) in [5, 5.41) is 2.64. The quantitative estimate of drug-likeness (QED) is 0.603. The third-order valence-electron chi connectivity index (χ3n) is 4.66. The number of nitrogens with one attached hydrogen (secondary N) is 1. The molecule has 0 heterocycles. The Morgan fingerprint density at radius 3 is 1.94 bits per heavy atom. The van der Waals surface area contributed by atoms with Crippen LogP contribution in [0.1, 0.15) is 24.2 Å². The van der Waals surface area contributed by atoms with E-state index in [9.17, 15) is 21.6 Å². The van der Waals surface area contributed by atoms with Gasteiger partial charge in [-0.1, -0.05) is 13.8 Å². The molecule has 0 bridgehead atoms. The minimum Gasteiger partial charge on any atom is -0.495 e. The van der Waals surface area contributed by atoms with E-state index in [2.05, 4.69) is 5.32 Å². The summed E-state index contributed by atoms with van der Waals surface area (Å²) in [7, 11) is -3.09. The summed E-state index contributed by atoms with van der Waals surface area (Å²) in [6, 6.07) is 9.67. The second-order valence-electron chi connectivity index (χ2n) is 6.72. The zero-order chi connectivity index (χ0) is 23.4. The van der Waals surface area contributed by atoms with Gasteiger partial charge in [0.15, 0.2) is 0 Å². The maximum absolute atomic E-state index is 12.8. The van der Waals surface area contributed by atoms with Crippen LogP contribution < -0.4 is 10.1 Å². The third-order valence-corrected chi connectivity index (χ3v) is 8.53. The van der Waals surface area contributed by atoms with Crippen LogP contribution in [0.25, 0.3) is 0 Å². The first-order chi connectivity index (χ1) is 14.5. The molecule has 0 aliphatic carbocycles. The topological polar surface area (TPSA) is 113 Å². The molecule has 0 aliphatic rings. The molecule has 0 fully saturated rings. The van der Waals surface area contributed by atoms with Crippen molar-refractivity contribution in [1.29, 1.82) is 0 Å². The predicted octanol–water partition coefficient (Wildman–Crippen LogP) is 2.23. The van der Waals surface area contributed by atoms with Gasteiger partial charge in [-0.25, -0.2) is 21.1 Å².